The number of fused-ring (bicyclic) bond motifs is 1. The lowest BCUT2D eigenvalue weighted by Gasteiger charge is -2.22. The second kappa shape index (κ2) is 12.2. The molecule has 14 heteroatoms. The molecule has 0 fully saturated rings. The average molecular weight is 625 g/mol. The summed E-state index contributed by atoms with van der Waals surface area (Å²) in [7, 11) is 0. The molecule has 2 aromatic carbocycles. The van der Waals surface area contributed by atoms with Gasteiger partial charge in [-0.3, -0.25) is 14.5 Å². The zero-order valence-corrected chi connectivity index (χ0v) is 22.8. The third-order valence-electron chi connectivity index (χ3n) is 7.06. The Morgan fingerprint density at radius 1 is 0.955 bits per heavy atom. The first-order chi connectivity index (χ1) is 20.8. The van der Waals surface area contributed by atoms with Crippen molar-refractivity contribution >= 4 is 5.91 Å². The van der Waals surface area contributed by atoms with Crippen LogP contribution in [0.4, 0.5) is 35.1 Å². The molecule has 1 amide bonds. The van der Waals surface area contributed by atoms with E-state index in [4.69, 9.17) is 0 Å². The molecule has 0 unspecified atom stereocenters. The quantitative estimate of drug-likeness (QED) is 0.212. The van der Waals surface area contributed by atoms with Crippen molar-refractivity contribution in [3.05, 3.63) is 101 Å². The first kappa shape index (κ1) is 31.0. The molecule has 0 saturated carbocycles. The second-order valence-electron chi connectivity index (χ2n) is 10.3. The fourth-order valence-corrected chi connectivity index (χ4v) is 5.39. The Morgan fingerprint density at radius 3 is 2.39 bits per heavy atom. The maximum Gasteiger partial charge on any atom is 0.573 e. The van der Waals surface area contributed by atoms with Crippen LogP contribution in [-0.2, 0) is 36.8 Å². The minimum absolute atomic E-state index is 0.0521. The van der Waals surface area contributed by atoms with Crippen LogP contribution in [0.5, 0.6) is 5.75 Å². The number of pyridine rings is 1. The van der Waals surface area contributed by atoms with Gasteiger partial charge in [-0.15, -0.1) is 13.2 Å². The van der Waals surface area contributed by atoms with Crippen LogP contribution in [0.1, 0.15) is 47.1 Å². The van der Waals surface area contributed by atoms with E-state index in [9.17, 15) is 39.9 Å². The molecular weight excluding hydrogens is 600 g/mol. The molecule has 1 aliphatic carbocycles. The van der Waals surface area contributed by atoms with Crippen molar-refractivity contribution in [2.45, 2.75) is 57.2 Å². The number of amides is 1. The summed E-state index contributed by atoms with van der Waals surface area (Å²) < 4.78 is 113. The standard InChI is InChI=1S/C30H24F8N4O2/c31-19-11-17(12-20(32)15-19)13-24(27-22(8-4-10-39-27)18-5-3-6-21(14-18)44-30(36,37)38)40-26(43)16-42-25-9-2-1-7-23(25)28(41-42)29(33,34)35/h3-6,8,10-12,14-15,24H,1-2,7,9,13,16H2,(H,40,43)/t24-/m0/s1. The molecule has 4 aromatic rings. The van der Waals surface area contributed by atoms with Gasteiger partial charge in [-0.1, -0.05) is 18.2 Å². The number of hydrogen-bond acceptors (Lipinski definition) is 4. The molecule has 0 saturated heterocycles. The molecule has 0 spiro atoms. The number of carbonyl (C=O) groups is 1. The van der Waals surface area contributed by atoms with E-state index in [-0.39, 0.29) is 40.8 Å². The van der Waals surface area contributed by atoms with Gasteiger partial charge in [0.25, 0.3) is 0 Å². The van der Waals surface area contributed by atoms with E-state index in [1.54, 1.807) is 0 Å². The molecule has 0 aliphatic heterocycles. The van der Waals surface area contributed by atoms with Crippen molar-refractivity contribution in [2.24, 2.45) is 0 Å². The van der Waals surface area contributed by atoms with Crippen molar-refractivity contribution in [1.29, 1.82) is 0 Å². The summed E-state index contributed by atoms with van der Waals surface area (Å²) in [5.74, 6) is -3.04. The fourth-order valence-electron chi connectivity index (χ4n) is 5.39. The summed E-state index contributed by atoms with van der Waals surface area (Å²) in [6.45, 7) is -0.580. The number of carbonyl (C=O) groups excluding carboxylic acids is 1. The Balaban J connectivity index is 1.50. The van der Waals surface area contributed by atoms with Crippen LogP contribution in [0.3, 0.4) is 0 Å². The van der Waals surface area contributed by atoms with E-state index in [0.717, 1.165) is 28.9 Å². The molecule has 6 nitrogen and oxygen atoms in total. The number of benzene rings is 2. The van der Waals surface area contributed by atoms with Gasteiger partial charge in [-0.25, -0.2) is 8.78 Å². The van der Waals surface area contributed by atoms with E-state index in [2.05, 4.69) is 20.1 Å². The Hall–Kier alpha value is -4.49. The molecule has 0 bridgehead atoms. The van der Waals surface area contributed by atoms with Gasteiger partial charge in [-0.2, -0.15) is 18.3 Å². The highest BCUT2D eigenvalue weighted by Gasteiger charge is 2.40. The Kier molecular flexibility index (Phi) is 8.62. The summed E-state index contributed by atoms with van der Waals surface area (Å²) >= 11 is 0. The average Bonchev–Trinajstić information content (AvgIpc) is 3.30. The molecule has 44 heavy (non-hydrogen) atoms. The SMILES string of the molecule is O=C(Cn1nc(C(F)(F)F)c2c1CCCC2)N[C@@H](Cc1cc(F)cc(F)c1)c1ncccc1-c1cccc(OC(F)(F)F)c1. The molecule has 1 N–H and O–H groups in total. The van der Waals surface area contributed by atoms with Crippen LogP contribution in [0, 0.1) is 11.6 Å². The van der Waals surface area contributed by atoms with Crippen LogP contribution >= 0.6 is 0 Å². The number of halogens is 8. The third-order valence-corrected chi connectivity index (χ3v) is 7.06. The van der Waals surface area contributed by atoms with Crippen LogP contribution in [0.15, 0.2) is 60.8 Å². The summed E-state index contributed by atoms with van der Waals surface area (Å²) in [5.41, 5.74) is 0.0784. The van der Waals surface area contributed by atoms with Gasteiger partial charge in [0.1, 0.15) is 23.9 Å². The van der Waals surface area contributed by atoms with Crippen LogP contribution in [-0.4, -0.2) is 27.0 Å². The van der Waals surface area contributed by atoms with Gasteiger partial charge in [0.05, 0.1) is 11.7 Å². The predicted molar refractivity (Wildman–Crippen MR) is 141 cm³/mol. The number of rotatable bonds is 8. The van der Waals surface area contributed by atoms with Gasteiger partial charge in [0.2, 0.25) is 5.91 Å². The van der Waals surface area contributed by atoms with Gasteiger partial charge in [0.15, 0.2) is 5.69 Å². The Labute approximate surface area is 245 Å². The molecule has 5 rings (SSSR count). The number of nitrogens with zero attached hydrogens (tertiary/aromatic N) is 3. The zero-order chi connectivity index (χ0) is 31.6. The number of nitrogens with one attached hydrogen (secondary N) is 1. The molecule has 232 valence electrons. The van der Waals surface area contributed by atoms with Crippen molar-refractivity contribution in [2.75, 3.05) is 0 Å². The van der Waals surface area contributed by atoms with Gasteiger partial charge >= 0.3 is 12.5 Å². The lowest BCUT2D eigenvalue weighted by molar-refractivity contribution is -0.274. The summed E-state index contributed by atoms with van der Waals surface area (Å²) in [6, 6.07) is 9.69. The highest BCUT2D eigenvalue weighted by molar-refractivity contribution is 5.77. The number of aromatic nitrogens is 3. The molecule has 1 atom stereocenters. The Morgan fingerprint density at radius 2 is 1.68 bits per heavy atom. The Bertz CT molecular complexity index is 1650. The lowest BCUT2D eigenvalue weighted by Crippen LogP contribution is -2.34. The van der Waals surface area contributed by atoms with E-state index in [0.29, 0.717) is 31.0 Å². The van der Waals surface area contributed by atoms with Crippen molar-refractivity contribution in [3.8, 4) is 16.9 Å². The predicted octanol–water partition coefficient (Wildman–Crippen LogP) is 7.12. The smallest absolute Gasteiger partial charge is 0.406 e. The van der Waals surface area contributed by atoms with Crippen molar-refractivity contribution < 1.29 is 44.7 Å². The van der Waals surface area contributed by atoms with Gasteiger partial charge in [-0.05, 0) is 73.6 Å². The fraction of sp³-hybridized carbons (Fsp3) is 0.300. The van der Waals surface area contributed by atoms with E-state index in [1.807, 2.05) is 0 Å². The van der Waals surface area contributed by atoms with Gasteiger partial charge < -0.3 is 10.1 Å². The minimum Gasteiger partial charge on any atom is -0.406 e. The molecule has 2 aromatic heterocycles. The van der Waals surface area contributed by atoms with Crippen molar-refractivity contribution in [1.82, 2.24) is 20.1 Å². The molecule has 2 heterocycles. The number of ether oxygens (including phenoxy) is 1. The largest absolute Gasteiger partial charge is 0.573 e. The lowest BCUT2D eigenvalue weighted by atomic mass is 9.95. The maximum atomic E-state index is 14.1. The number of alkyl halides is 6. The topological polar surface area (TPSA) is 69.0 Å². The summed E-state index contributed by atoms with van der Waals surface area (Å²) in [5, 5.41) is 6.39. The zero-order valence-electron chi connectivity index (χ0n) is 22.8. The van der Waals surface area contributed by atoms with Crippen LogP contribution < -0.4 is 10.1 Å². The normalized spacial score (nSPS) is 14.2. The first-order valence-corrected chi connectivity index (χ1v) is 13.5. The van der Waals surface area contributed by atoms with E-state index >= 15 is 0 Å². The highest BCUT2D eigenvalue weighted by atomic mass is 19.4. The summed E-state index contributed by atoms with van der Waals surface area (Å²) in [4.78, 5) is 17.7. The van der Waals surface area contributed by atoms with Crippen LogP contribution in [0.2, 0.25) is 0 Å². The van der Waals surface area contributed by atoms with Gasteiger partial charge in [0, 0.05) is 29.1 Å². The maximum absolute atomic E-state index is 14.1. The van der Waals surface area contributed by atoms with E-state index in [1.165, 1.54) is 30.5 Å². The molecule has 0 radical (unpaired) electrons. The summed E-state index contributed by atoms with van der Waals surface area (Å²) in [6.07, 6.45) is -6.86. The first-order valence-electron chi connectivity index (χ1n) is 13.5. The third kappa shape index (κ3) is 7.34. The monoisotopic (exact) mass is 624 g/mol. The van der Waals surface area contributed by atoms with Crippen LogP contribution in [0.25, 0.3) is 11.1 Å². The highest BCUT2D eigenvalue weighted by Crippen LogP contribution is 2.36. The number of hydrogen-bond donors (Lipinski definition) is 1. The van der Waals surface area contributed by atoms with E-state index < -0.39 is 54.1 Å². The molecule has 1 aliphatic rings. The van der Waals surface area contributed by atoms with Crippen molar-refractivity contribution in [3.63, 3.8) is 0 Å². The molecular formula is C30H24F8N4O2. The minimum atomic E-state index is -4.95. The second-order valence-corrected chi connectivity index (χ2v) is 10.3.